The highest BCUT2D eigenvalue weighted by atomic mass is 16.4. The summed E-state index contributed by atoms with van der Waals surface area (Å²) in [6, 6.07) is 5.00. The second-order valence-electron chi connectivity index (χ2n) is 6.49. The number of aliphatic carboxylic acids is 1. The maximum absolute atomic E-state index is 12.9. The van der Waals surface area contributed by atoms with Gasteiger partial charge in [-0.15, -0.1) is 0 Å². The molecule has 0 aliphatic carbocycles. The normalized spacial score (nSPS) is 21.6. The highest BCUT2D eigenvalue weighted by molar-refractivity contribution is 6.01. The van der Waals surface area contributed by atoms with E-state index in [0.717, 1.165) is 22.9 Å². The molecular formula is C18H21NO4. The minimum absolute atomic E-state index is 0.259. The predicted molar refractivity (Wildman–Crippen MR) is 86.5 cm³/mol. The zero-order valence-corrected chi connectivity index (χ0v) is 13.6. The fourth-order valence-electron chi connectivity index (χ4n) is 3.34. The summed E-state index contributed by atoms with van der Waals surface area (Å²) in [5, 5.41) is 10.4. The molecule has 2 atom stereocenters. The summed E-state index contributed by atoms with van der Waals surface area (Å²) in [7, 11) is 0. The maximum atomic E-state index is 12.9. The van der Waals surface area contributed by atoms with Gasteiger partial charge in [0, 0.05) is 17.5 Å². The summed E-state index contributed by atoms with van der Waals surface area (Å²) in [6.07, 6.45) is 1.30. The molecule has 1 fully saturated rings. The number of carboxylic acids is 1. The molecule has 1 aliphatic rings. The van der Waals surface area contributed by atoms with Crippen LogP contribution in [0.15, 0.2) is 22.6 Å². The molecule has 2 unspecified atom stereocenters. The number of carboxylic acid groups (broad SMARTS) is 1. The summed E-state index contributed by atoms with van der Waals surface area (Å²) in [4.78, 5) is 25.9. The van der Waals surface area contributed by atoms with Gasteiger partial charge >= 0.3 is 5.97 Å². The van der Waals surface area contributed by atoms with Crippen LogP contribution in [0.25, 0.3) is 11.0 Å². The van der Waals surface area contributed by atoms with E-state index >= 15 is 0 Å². The molecule has 0 saturated carbocycles. The molecule has 0 radical (unpaired) electrons. The third kappa shape index (κ3) is 2.60. The van der Waals surface area contributed by atoms with Gasteiger partial charge in [0.1, 0.15) is 11.6 Å². The summed E-state index contributed by atoms with van der Waals surface area (Å²) in [6.45, 7) is 6.25. The Balaban J connectivity index is 2.01. The van der Waals surface area contributed by atoms with Crippen molar-refractivity contribution in [2.45, 2.75) is 39.7 Å². The zero-order chi connectivity index (χ0) is 16.7. The fraction of sp³-hybridized carbons (Fsp3) is 0.444. The molecule has 0 spiro atoms. The standard InChI is InChI=1S/C18H21NO4/c1-10-7-8-19(14(9-10)18(21)22)17(20)16-12(3)13-6-4-5-11(2)15(13)23-16/h4-6,10,14H,7-9H2,1-3H3,(H,21,22). The highest BCUT2D eigenvalue weighted by Gasteiger charge is 2.37. The number of piperidine rings is 1. The number of fused-ring (bicyclic) bond motifs is 1. The molecular weight excluding hydrogens is 294 g/mol. The molecule has 0 bridgehead atoms. The third-order valence-corrected chi connectivity index (χ3v) is 4.77. The number of likely N-dealkylation sites (tertiary alicyclic amines) is 1. The average Bonchev–Trinajstić information content (AvgIpc) is 2.85. The monoisotopic (exact) mass is 315 g/mol. The quantitative estimate of drug-likeness (QED) is 0.922. The van der Waals surface area contributed by atoms with Gasteiger partial charge in [-0.1, -0.05) is 25.1 Å². The van der Waals surface area contributed by atoms with Crippen LogP contribution in [0.2, 0.25) is 0 Å². The van der Waals surface area contributed by atoms with Crippen molar-refractivity contribution < 1.29 is 19.1 Å². The van der Waals surface area contributed by atoms with Crippen LogP contribution in [0.3, 0.4) is 0 Å². The van der Waals surface area contributed by atoms with Gasteiger partial charge in [0.25, 0.3) is 5.91 Å². The van der Waals surface area contributed by atoms with Gasteiger partial charge in [-0.2, -0.15) is 0 Å². The van der Waals surface area contributed by atoms with Crippen LogP contribution in [0, 0.1) is 19.8 Å². The van der Waals surface area contributed by atoms with Crippen molar-refractivity contribution in [2.75, 3.05) is 6.54 Å². The summed E-state index contributed by atoms with van der Waals surface area (Å²) in [5.41, 5.74) is 2.44. The van der Waals surface area contributed by atoms with E-state index in [1.54, 1.807) is 0 Å². The molecule has 1 aliphatic heterocycles. The van der Waals surface area contributed by atoms with Gasteiger partial charge in [0.05, 0.1) is 0 Å². The van der Waals surface area contributed by atoms with Gasteiger partial charge in [0.15, 0.2) is 5.76 Å². The predicted octanol–water partition coefficient (Wildman–Crippen LogP) is 3.37. The number of furan rings is 1. The van der Waals surface area contributed by atoms with Crippen molar-refractivity contribution in [1.82, 2.24) is 4.90 Å². The Kier molecular flexibility index (Phi) is 3.88. The van der Waals surface area contributed by atoms with Crippen molar-refractivity contribution in [2.24, 2.45) is 5.92 Å². The van der Waals surface area contributed by atoms with Crippen molar-refractivity contribution in [3.05, 3.63) is 35.1 Å². The first-order valence-corrected chi connectivity index (χ1v) is 7.92. The first kappa shape index (κ1) is 15.6. The van der Waals surface area contributed by atoms with E-state index in [2.05, 4.69) is 0 Å². The van der Waals surface area contributed by atoms with Crippen LogP contribution in [0.1, 0.15) is 41.4 Å². The summed E-state index contributed by atoms with van der Waals surface area (Å²) < 4.78 is 5.82. The number of amides is 1. The Labute approximate surface area is 134 Å². The fourth-order valence-corrected chi connectivity index (χ4v) is 3.34. The van der Waals surface area contributed by atoms with E-state index in [9.17, 15) is 14.7 Å². The Morgan fingerprint density at radius 1 is 1.30 bits per heavy atom. The first-order valence-electron chi connectivity index (χ1n) is 7.92. The minimum atomic E-state index is -0.949. The number of para-hydroxylation sites is 1. The van der Waals surface area contributed by atoms with Gasteiger partial charge in [-0.05, 0) is 38.2 Å². The molecule has 2 heterocycles. The maximum Gasteiger partial charge on any atom is 0.326 e. The number of hydrogen-bond acceptors (Lipinski definition) is 3. The second kappa shape index (κ2) is 5.72. The van der Waals surface area contributed by atoms with Gasteiger partial charge in [0.2, 0.25) is 0 Å². The Bertz CT molecular complexity index is 777. The topological polar surface area (TPSA) is 70.8 Å². The van der Waals surface area contributed by atoms with E-state index < -0.39 is 12.0 Å². The molecule has 2 aromatic rings. The van der Waals surface area contributed by atoms with Gasteiger partial charge < -0.3 is 14.4 Å². The minimum Gasteiger partial charge on any atom is -0.480 e. The molecule has 1 N–H and O–H groups in total. The van der Waals surface area contributed by atoms with E-state index in [0.29, 0.717) is 24.5 Å². The van der Waals surface area contributed by atoms with Gasteiger partial charge in [-0.25, -0.2) is 4.79 Å². The molecule has 23 heavy (non-hydrogen) atoms. The molecule has 1 aromatic carbocycles. The Morgan fingerprint density at radius 2 is 2.04 bits per heavy atom. The van der Waals surface area contributed by atoms with Crippen molar-refractivity contribution in [3.8, 4) is 0 Å². The lowest BCUT2D eigenvalue weighted by Gasteiger charge is -2.35. The molecule has 5 nitrogen and oxygen atoms in total. The molecule has 1 amide bonds. The lowest BCUT2D eigenvalue weighted by Crippen LogP contribution is -2.49. The lowest BCUT2D eigenvalue weighted by atomic mass is 9.92. The van der Waals surface area contributed by atoms with Crippen LogP contribution in [-0.4, -0.2) is 34.5 Å². The highest BCUT2D eigenvalue weighted by Crippen LogP contribution is 2.31. The first-order chi connectivity index (χ1) is 10.9. The molecule has 1 aromatic heterocycles. The van der Waals surface area contributed by atoms with Crippen LogP contribution < -0.4 is 0 Å². The van der Waals surface area contributed by atoms with Crippen LogP contribution in [0.4, 0.5) is 0 Å². The lowest BCUT2D eigenvalue weighted by molar-refractivity contribution is -0.144. The van der Waals surface area contributed by atoms with Crippen molar-refractivity contribution in [1.29, 1.82) is 0 Å². The largest absolute Gasteiger partial charge is 0.480 e. The van der Waals surface area contributed by atoms with Crippen molar-refractivity contribution >= 4 is 22.8 Å². The zero-order valence-electron chi connectivity index (χ0n) is 13.6. The summed E-state index contributed by atoms with van der Waals surface area (Å²) in [5.74, 6) is -0.707. The van der Waals surface area contributed by atoms with E-state index in [1.807, 2.05) is 39.0 Å². The van der Waals surface area contributed by atoms with Gasteiger partial charge in [-0.3, -0.25) is 4.79 Å². The summed E-state index contributed by atoms with van der Waals surface area (Å²) >= 11 is 0. The molecule has 1 saturated heterocycles. The van der Waals surface area contributed by atoms with E-state index in [1.165, 1.54) is 4.90 Å². The number of nitrogens with zero attached hydrogens (tertiary/aromatic N) is 1. The van der Waals surface area contributed by atoms with E-state index in [4.69, 9.17) is 4.42 Å². The number of benzene rings is 1. The SMILES string of the molecule is Cc1c(C(=O)N2CCC(C)CC2C(=O)O)oc2c(C)cccc12. The van der Waals surface area contributed by atoms with Crippen LogP contribution >= 0.6 is 0 Å². The number of carbonyl (C=O) groups is 2. The second-order valence-corrected chi connectivity index (χ2v) is 6.49. The number of aryl methyl sites for hydroxylation is 2. The Hall–Kier alpha value is -2.30. The number of rotatable bonds is 2. The van der Waals surface area contributed by atoms with Crippen molar-refractivity contribution in [3.63, 3.8) is 0 Å². The average molecular weight is 315 g/mol. The molecule has 3 rings (SSSR count). The van der Waals surface area contributed by atoms with Crippen LogP contribution in [0.5, 0.6) is 0 Å². The third-order valence-electron chi connectivity index (χ3n) is 4.77. The van der Waals surface area contributed by atoms with E-state index in [-0.39, 0.29) is 11.7 Å². The van der Waals surface area contributed by atoms with Crippen LogP contribution in [-0.2, 0) is 4.79 Å². The Morgan fingerprint density at radius 3 is 2.70 bits per heavy atom. The number of hydrogen-bond donors (Lipinski definition) is 1. The smallest absolute Gasteiger partial charge is 0.326 e. The molecule has 122 valence electrons. The molecule has 5 heteroatoms. The number of carbonyl (C=O) groups excluding carboxylic acids is 1.